The first-order valence-corrected chi connectivity index (χ1v) is 10.1. The molecule has 8 heteroatoms. The van der Waals surface area contributed by atoms with Crippen LogP contribution in [0.15, 0.2) is 42.6 Å². The molecule has 0 spiro atoms. The highest BCUT2D eigenvalue weighted by Gasteiger charge is 2.53. The highest BCUT2D eigenvalue weighted by molar-refractivity contribution is 6.16. The fraction of sp³-hybridized carbons (Fsp3) is 0.409. The standard InChI is InChI=1S/C22H25FN4O3/c1-15(2)27-19-18(9-6-10-24-19)30-22(3,21(27)29)20(28)26-13-11-25(12-14-26)17-8-5-4-7-16(17)23/h4-10,15H,11-14H2,1-3H3/t22-/m0/s1. The molecule has 3 heterocycles. The van der Waals surface area contributed by atoms with Crippen molar-refractivity contribution in [3.8, 4) is 5.75 Å². The van der Waals surface area contributed by atoms with Gasteiger partial charge in [-0.1, -0.05) is 12.1 Å². The molecular formula is C22H25FN4O3. The Bertz CT molecular complexity index is 974. The Kier molecular flexibility index (Phi) is 5.09. The molecule has 7 nitrogen and oxygen atoms in total. The predicted octanol–water partition coefficient (Wildman–Crippen LogP) is 2.46. The summed E-state index contributed by atoms with van der Waals surface area (Å²) in [6, 6.07) is 9.84. The number of halogens is 1. The summed E-state index contributed by atoms with van der Waals surface area (Å²) in [5.74, 6) is -0.267. The smallest absolute Gasteiger partial charge is 0.282 e. The Labute approximate surface area is 175 Å². The second-order valence-corrected chi connectivity index (χ2v) is 7.96. The van der Waals surface area contributed by atoms with E-state index in [1.54, 1.807) is 41.4 Å². The molecule has 2 aliphatic rings. The average molecular weight is 412 g/mol. The Hall–Kier alpha value is -3.16. The van der Waals surface area contributed by atoms with Gasteiger partial charge in [-0.2, -0.15) is 0 Å². The zero-order valence-electron chi connectivity index (χ0n) is 17.3. The van der Waals surface area contributed by atoms with E-state index in [2.05, 4.69) is 4.98 Å². The second kappa shape index (κ2) is 7.59. The predicted molar refractivity (Wildman–Crippen MR) is 111 cm³/mol. The maximum atomic E-state index is 14.1. The van der Waals surface area contributed by atoms with E-state index in [0.717, 1.165) is 0 Å². The van der Waals surface area contributed by atoms with Crippen LogP contribution in [-0.2, 0) is 9.59 Å². The van der Waals surface area contributed by atoms with Crippen molar-refractivity contribution in [3.63, 3.8) is 0 Å². The number of aromatic nitrogens is 1. The van der Waals surface area contributed by atoms with E-state index in [-0.39, 0.29) is 17.8 Å². The zero-order chi connectivity index (χ0) is 21.5. The molecule has 0 unspecified atom stereocenters. The maximum Gasteiger partial charge on any atom is 0.282 e. The van der Waals surface area contributed by atoms with Crippen molar-refractivity contribution in [2.24, 2.45) is 0 Å². The van der Waals surface area contributed by atoms with Gasteiger partial charge in [0, 0.05) is 38.4 Å². The minimum atomic E-state index is -1.67. The van der Waals surface area contributed by atoms with E-state index < -0.39 is 11.5 Å². The fourth-order valence-electron chi connectivity index (χ4n) is 4.01. The molecule has 1 atom stereocenters. The first-order valence-electron chi connectivity index (χ1n) is 10.1. The van der Waals surface area contributed by atoms with Gasteiger partial charge in [-0.15, -0.1) is 0 Å². The lowest BCUT2D eigenvalue weighted by molar-refractivity contribution is -0.156. The summed E-state index contributed by atoms with van der Waals surface area (Å²) >= 11 is 0. The van der Waals surface area contributed by atoms with Crippen molar-refractivity contribution in [1.82, 2.24) is 9.88 Å². The number of hydrogen-bond acceptors (Lipinski definition) is 5. The van der Waals surface area contributed by atoms with Gasteiger partial charge in [0.05, 0.1) is 5.69 Å². The topological polar surface area (TPSA) is 66.0 Å². The van der Waals surface area contributed by atoms with Gasteiger partial charge in [-0.3, -0.25) is 14.5 Å². The average Bonchev–Trinajstić information content (AvgIpc) is 2.74. The Morgan fingerprint density at radius 2 is 1.83 bits per heavy atom. The third kappa shape index (κ3) is 3.26. The minimum Gasteiger partial charge on any atom is -0.464 e. The van der Waals surface area contributed by atoms with Gasteiger partial charge in [-0.25, -0.2) is 9.37 Å². The lowest BCUT2D eigenvalue weighted by atomic mass is 9.98. The number of benzene rings is 1. The normalized spacial score (nSPS) is 21.5. The van der Waals surface area contributed by atoms with Crippen molar-refractivity contribution < 1.29 is 18.7 Å². The van der Waals surface area contributed by atoms with E-state index in [0.29, 0.717) is 43.4 Å². The molecule has 0 aliphatic carbocycles. The van der Waals surface area contributed by atoms with Gasteiger partial charge >= 0.3 is 0 Å². The number of carbonyl (C=O) groups excluding carboxylic acids is 2. The van der Waals surface area contributed by atoms with Gasteiger partial charge in [0.25, 0.3) is 17.4 Å². The number of ether oxygens (including phenoxy) is 1. The van der Waals surface area contributed by atoms with E-state index >= 15 is 0 Å². The molecule has 1 aromatic carbocycles. The van der Waals surface area contributed by atoms with Gasteiger partial charge in [0.2, 0.25) is 0 Å². The molecule has 1 fully saturated rings. The number of hydrogen-bond donors (Lipinski definition) is 0. The molecule has 4 rings (SSSR count). The van der Waals surface area contributed by atoms with Crippen molar-refractivity contribution >= 4 is 23.3 Å². The summed E-state index contributed by atoms with van der Waals surface area (Å²) in [4.78, 5) is 36.1. The SMILES string of the molecule is CC(C)N1C(=O)[C@](C)(C(=O)N2CCN(c3ccccc3F)CC2)Oc2cccnc21. The van der Waals surface area contributed by atoms with Gasteiger partial charge in [0.15, 0.2) is 11.6 Å². The van der Waals surface area contributed by atoms with Gasteiger partial charge in [-0.05, 0) is 45.0 Å². The van der Waals surface area contributed by atoms with E-state index in [1.165, 1.54) is 17.9 Å². The van der Waals surface area contributed by atoms with Gasteiger partial charge in [0.1, 0.15) is 5.82 Å². The van der Waals surface area contributed by atoms with Crippen LogP contribution in [0, 0.1) is 5.82 Å². The van der Waals surface area contributed by atoms with E-state index in [4.69, 9.17) is 4.74 Å². The molecule has 2 aromatic rings. The van der Waals surface area contributed by atoms with Crippen LogP contribution in [0.1, 0.15) is 20.8 Å². The quantitative estimate of drug-likeness (QED) is 0.725. The molecule has 0 saturated carbocycles. The van der Waals surface area contributed by atoms with Crippen LogP contribution in [0.3, 0.4) is 0 Å². The van der Waals surface area contributed by atoms with E-state index in [1.807, 2.05) is 18.7 Å². The van der Waals surface area contributed by atoms with E-state index in [9.17, 15) is 14.0 Å². The number of nitrogens with zero attached hydrogens (tertiary/aromatic N) is 4. The number of anilines is 2. The van der Waals surface area contributed by atoms with Crippen molar-refractivity contribution in [3.05, 3.63) is 48.4 Å². The van der Waals surface area contributed by atoms with Crippen LogP contribution in [0.2, 0.25) is 0 Å². The summed E-state index contributed by atoms with van der Waals surface area (Å²) in [7, 11) is 0. The Morgan fingerprint density at radius 3 is 2.50 bits per heavy atom. The monoisotopic (exact) mass is 412 g/mol. The zero-order valence-corrected chi connectivity index (χ0v) is 17.3. The Morgan fingerprint density at radius 1 is 1.13 bits per heavy atom. The van der Waals surface area contributed by atoms with Crippen LogP contribution in [-0.4, -0.2) is 59.5 Å². The Balaban J connectivity index is 1.55. The molecule has 30 heavy (non-hydrogen) atoms. The molecular weight excluding hydrogens is 387 g/mol. The number of amides is 2. The lowest BCUT2D eigenvalue weighted by Gasteiger charge is -2.44. The number of pyridine rings is 1. The molecule has 0 N–H and O–H groups in total. The van der Waals surface area contributed by atoms with Crippen molar-refractivity contribution in [2.45, 2.75) is 32.4 Å². The summed E-state index contributed by atoms with van der Waals surface area (Å²) in [5.41, 5.74) is -1.15. The molecule has 1 saturated heterocycles. The molecule has 0 bridgehead atoms. The van der Waals surface area contributed by atoms with Crippen LogP contribution >= 0.6 is 0 Å². The number of piperazine rings is 1. The second-order valence-electron chi connectivity index (χ2n) is 7.96. The number of para-hydroxylation sites is 1. The van der Waals surface area contributed by atoms with Crippen molar-refractivity contribution in [2.75, 3.05) is 36.0 Å². The van der Waals surface area contributed by atoms with Crippen molar-refractivity contribution in [1.29, 1.82) is 0 Å². The number of rotatable bonds is 3. The fourth-order valence-corrected chi connectivity index (χ4v) is 4.01. The van der Waals surface area contributed by atoms with Crippen LogP contribution in [0.5, 0.6) is 5.75 Å². The summed E-state index contributed by atoms with van der Waals surface area (Å²) < 4.78 is 20.0. The molecule has 2 amide bonds. The third-order valence-corrected chi connectivity index (χ3v) is 5.60. The molecule has 2 aliphatic heterocycles. The molecule has 158 valence electrons. The summed E-state index contributed by atoms with van der Waals surface area (Å²) in [5, 5.41) is 0. The highest BCUT2D eigenvalue weighted by Crippen LogP contribution is 2.38. The molecule has 1 aromatic heterocycles. The van der Waals surface area contributed by atoms with Gasteiger partial charge < -0.3 is 14.5 Å². The first-order chi connectivity index (χ1) is 14.3. The maximum absolute atomic E-state index is 14.1. The lowest BCUT2D eigenvalue weighted by Crippen LogP contribution is -2.65. The largest absolute Gasteiger partial charge is 0.464 e. The third-order valence-electron chi connectivity index (χ3n) is 5.60. The summed E-state index contributed by atoms with van der Waals surface area (Å²) in [6.07, 6.45) is 1.59. The minimum absolute atomic E-state index is 0.180. The number of carbonyl (C=O) groups is 2. The first kappa shape index (κ1) is 20.1. The number of fused-ring (bicyclic) bond motifs is 1. The van der Waals surface area contributed by atoms with Crippen LogP contribution < -0.4 is 14.5 Å². The molecule has 0 radical (unpaired) electrons. The van der Waals surface area contributed by atoms with Crippen LogP contribution in [0.25, 0.3) is 0 Å². The summed E-state index contributed by atoms with van der Waals surface area (Å²) in [6.45, 7) is 6.97. The van der Waals surface area contributed by atoms with Crippen LogP contribution in [0.4, 0.5) is 15.9 Å². The highest BCUT2D eigenvalue weighted by atomic mass is 19.1.